The van der Waals surface area contributed by atoms with Gasteiger partial charge in [-0.05, 0) is 51.0 Å². The molecule has 0 radical (unpaired) electrons. The van der Waals surface area contributed by atoms with Crippen molar-refractivity contribution in [3.63, 3.8) is 0 Å². The maximum Gasteiger partial charge on any atom is 0.236 e. The molecule has 0 spiro atoms. The Labute approximate surface area is 172 Å². The second-order valence-corrected chi connectivity index (χ2v) is 7.89. The van der Waals surface area contributed by atoms with Gasteiger partial charge in [-0.25, -0.2) is 9.97 Å². The van der Waals surface area contributed by atoms with Crippen LogP contribution in [-0.4, -0.2) is 34.6 Å². The van der Waals surface area contributed by atoms with E-state index >= 15 is 0 Å². The van der Waals surface area contributed by atoms with Crippen molar-refractivity contribution >= 4 is 11.6 Å². The first-order valence-corrected chi connectivity index (χ1v) is 10.5. The lowest BCUT2D eigenvalue weighted by molar-refractivity contribution is 0.355. The predicted molar refractivity (Wildman–Crippen MR) is 116 cm³/mol. The number of nitrogens with zero attached hydrogens (tertiary/aromatic N) is 3. The van der Waals surface area contributed by atoms with Gasteiger partial charge >= 0.3 is 0 Å². The van der Waals surface area contributed by atoms with Crippen LogP contribution in [0, 0.1) is 13.8 Å². The summed E-state index contributed by atoms with van der Waals surface area (Å²) < 4.78 is 13.1. The first kappa shape index (κ1) is 19.6. The van der Waals surface area contributed by atoms with E-state index in [1.54, 1.807) is 14.2 Å². The first-order valence-electron chi connectivity index (χ1n) is 10.5. The van der Waals surface area contributed by atoms with Crippen LogP contribution in [0.1, 0.15) is 49.9 Å². The van der Waals surface area contributed by atoms with Crippen LogP contribution in [0.15, 0.2) is 24.3 Å². The molecule has 0 saturated heterocycles. The van der Waals surface area contributed by atoms with Gasteiger partial charge in [0.25, 0.3) is 0 Å². The van der Waals surface area contributed by atoms with E-state index in [1.807, 2.05) is 25.1 Å². The van der Waals surface area contributed by atoms with Crippen LogP contribution in [0.5, 0.6) is 11.5 Å². The van der Waals surface area contributed by atoms with Gasteiger partial charge in [-0.2, -0.15) is 0 Å². The van der Waals surface area contributed by atoms with Crippen LogP contribution in [0.3, 0.4) is 0 Å². The van der Waals surface area contributed by atoms with E-state index in [-0.39, 0.29) is 0 Å². The van der Waals surface area contributed by atoms with Gasteiger partial charge in [0.15, 0.2) is 11.5 Å². The molecule has 1 aliphatic carbocycles. The van der Waals surface area contributed by atoms with Gasteiger partial charge < -0.3 is 14.8 Å². The molecule has 2 heterocycles. The summed E-state index contributed by atoms with van der Waals surface area (Å²) in [6.07, 6.45) is 7.59. The molecule has 2 aromatic heterocycles. The highest BCUT2D eigenvalue weighted by atomic mass is 16.5. The van der Waals surface area contributed by atoms with E-state index in [2.05, 4.69) is 27.7 Å². The molecule has 1 fully saturated rings. The molecule has 6 heteroatoms. The molecular weight excluding hydrogens is 364 g/mol. The number of rotatable bonds is 5. The van der Waals surface area contributed by atoms with Crippen molar-refractivity contribution < 1.29 is 9.47 Å². The summed E-state index contributed by atoms with van der Waals surface area (Å²) in [5.41, 5.74) is 3.99. The highest BCUT2D eigenvalue weighted by Gasteiger charge is 2.21. The Hall–Kier alpha value is -2.76. The summed E-state index contributed by atoms with van der Waals surface area (Å²) in [5.74, 6) is 3.15. The number of nitrogens with one attached hydrogen (secondary N) is 1. The zero-order valence-corrected chi connectivity index (χ0v) is 17.8. The van der Waals surface area contributed by atoms with Crippen molar-refractivity contribution in [2.45, 2.75) is 58.4 Å². The molecule has 29 heavy (non-hydrogen) atoms. The molecule has 0 amide bonds. The molecule has 6 nitrogen and oxygen atoms in total. The lowest BCUT2D eigenvalue weighted by Gasteiger charge is -2.19. The largest absolute Gasteiger partial charge is 0.493 e. The second kappa shape index (κ2) is 8.31. The SMILES string of the molecule is COc1ccc(-c2nc3nc(C)cc(C)n3c2NC2CCCCCC2)cc1OC. The van der Waals surface area contributed by atoms with Crippen LogP contribution < -0.4 is 14.8 Å². The normalized spacial score (nSPS) is 15.3. The van der Waals surface area contributed by atoms with Crippen LogP contribution in [0.4, 0.5) is 5.82 Å². The lowest BCUT2D eigenvalue weighted by Crippen LogP contribution is -2.20. The Kier molecular flexibility index (Phi) is 5.60. The topological polar surface area (TPSA) is 60.7 Å². The minimum absolute atomic E-state index is 0.456. The van der Waals surface area contributed by atoms with Crippen molar-refractivity contribution in [1.82, 2.24) is 14.4 Å². The monoisotopic (exact) mass is 394 g/mol. The number of benzene rings is 1. The number of methoxy groups -OCH3 is 2. The predicted octanol–water partition coefficient (Wildman–Crippen LogP) is 5.17. The van der Waals surface area contributed by atoms with E-state index in [1.165, 1.54) is 38.5 Å². The zero-order valence-electron chi connectivity index (χ0n) is 17.8. The second-order valence-electron chi connectivity index (χ2n) is 7.89. The quantitative estimate of drug-likeness (QED) is 0.605. The van der Waals surface area contributed by atoms with Gasteiger partial charge in [0.05, 0.1) is 14.2 Å². The lowest BCUT2D eigenvalue weighted by atomic mass is 10.1. The molecule has 1 N–H and O–H groups in total. The van der Waals surface area contributed by atoms with Crippen molar-refractivity contribution in [3.05, 3.63) is 35.7 Å². The van der Waals surface area contributed by atoms with Crippen LogP contribution >= 0.6 is 0 Å². The van der Waals surface area contributed by atoms with Crippen molar-refractivity contribution in [2.75, 3.05) is 19.5 Å². The minimum atomic E-state index is 0.456. The Morgan fingerprint density at radius 3 is 2.34 bits per heavy atom. The highest BCUT2D eigenvalue weighted by Crippen LogP contribution is 2.36. The summed E-state index contributed by atoms with van der Waals surface area (Å²) in [5, 5.41) is 3.83. The van der Waals surface area contributed by atoms with E-state index in [9.17, 15) is 0 Å². The molecule has 154 valence electrons. The number of aromatic nitrogens is 3. The molecule has 0 bridgehead atoms. The number of hydrogen-bond acceptors (Lipinski definition) is 5. The molecule has 1 saturated carbocycles. The summed E-state index contributed by atoms with van der Waals surface area (Å²) in [4.78, 5) is 9.60. The Morgan fingerprint density at radius 2 is 1.66 bits per heavy atom. The zero-order chi connectivity index (χ0) is 20.4. The van der Waals surface area contributed by atoms with E-state index in [0.717, 1.165) is 34.2 Å². The third-order valence-electron chi connectivity index (χ3n) is 5.76. The van der Waals surface area contributed by atoms with Gasteiger partial charge in [0.2, 0.25) is 5.78 Å². The standard InChI is InChI=1S/C23H30N4O2/c1-15-13-16(2)27-22(25-18-9-7-5-6-8-10-18)21(26-23(27)24-15)17-11-12-19(28-3)20(14-17)29-4/h11-14,18,25H,5-10H2,1-4H3. The molecule has 4 rings (SSSR count). The van der Waals surface area contributed by atoms with Gasteiger partial charge in [-0.3, -0.25) is 4.40 Å². The first-order chi connectivity index (χ1) is 14.1. The number of ether oxygens (including phenoxy) is 2. The van der Waals surface area contributed by atoms with Gasteiger partial charge in [-0.15, -0.1) is 0 Å². The van der Waals surface area contributed by atoms with Crippen LogP contribution in [0.2, 0.25) is 0 Å². The summed E-state index contributed by atoms with van der Waals surface area (Å²) in [6.45, 7) is 4.12. The Bertz CT molecular complexity index is 1000. The molecule has 3 aromatic rings. The average molecular weight is 395 g/mol. The van der Waals surface area contributed by atoms with Crippen molar-refractivity contribution in [2.24, 2.45) is 0 Å². The van der Waals surface area contributed by atoms with Crippen molar-refractivity contribution in [3.8, 4) is 22.8 Å². The molecule has 1 aromatic carbocycles. The van der Waals surface area contributed by atoms with Gasteiger partial charge in [0, 0.05) is 23.0 Å². The maximum absolute atomic E-state index is 5.53. The summed E-state index contributed by atoms with van der Waals surface area (Å²) in [6, 6.07) is 8.51. The van der Waals surface area contributed by atoms with Gasteiger partial charge in [0.1, 0.15) is 11.5 Å². The van der Waals surface area contributed by atoms with Crippen LogP contribution in [0.25, 0.3) is 17.0 Å². The molecule has 0 atom stereocenters. The fourth-order valence-electron chi connectivity index (χ4n) is 4.31. The Balaban J connectivity index is 1.85. The third kappa shape index (κ3) is 3.88. The fourth-order valence-corrected chi connectivity index (χ4v) is 4.31. The number of anilines is 1. The number of fused-ring (bicyclic) bond motifs is 1. The Morgan fingerprint density at radius 1 is 0.931 bits per heavy atom. The maximum atomic E-state index is 5.53. The number of imidazole rings is 1. The summed E-state index contributed by atoms with van der Waals surface area (Å²) in [7, 11) is 3.31. The molecule has 1 aliphatic rings. The summed E-state index contributed by atoms with van der Waals surface area (Å²) >= 11 is 0. The minimum Gasteiger partial charge on any atom is -0.493 e. The number of aryl methyl sites for hydroxylation is 2. The van der Waals surface area contributed by atoms with E-state index in [0.29, 0.717) is 17.5 Å². The molecular formula is C23H30N4O2. The van der Waals surface area contributed by atoms with Gasteiger partial charge in [-0.1, -0.05) is 25.7 Å². The van der Waals surface area contributed by atoms with Crippen LogP contribution in [-0.2, 0) is 0 Å². The average Bonchev–Trinajstić information content (AvgIpc) is 2.88. The van der Waals surface area contributed by atoms with Crippen molar-refractivity contribution in [1.29, 1.82) is 0 Å². The third-order valence-corrected chi connectivity index (χ3v) is 5.76. The highest BCUT2D eigenvalue weighted by molar-refractivity contribution is 5.77. The molecule has 0 aliphatic heterocycles. The number of hydrogen-bond donors (Lipinski definition) is 1. The van der Waals surface area contributed by atoms with E-state index in [4.69, 9.17) is 14.5 Å². The smallest absolute Gasteiger partial charge is 0.236 e. The fraction of sp³-hybridized carbons (Fsp3) is 0.478. The van der Waals surface area contributed by atoms with E-state index < -0.39 is 0 Å². The molecule has 0 unspecified atom stereocenters.